The Morgan fingerprint density at radius 1 is 1.08 bits per heavy atom. The van der Waals surface area contributed by atoms with Gasteiger partial charge >= 0.3 is 0 Å². The lowest BCUT2D eigenvalue weighted by atomic mass is 10.1. The van der Waals surface area contributed by atoms with Gasteiger partial charge in [0.2, 0.25) is 5.91 Å². The van der Waals surface area contributed by atoms with E-state index in [1.165, 1.54) is 0 Å². The maximum atomic E-state index is 12.3. The van der Waals surface area contributed by atoms with Crippen LogP contribution in [-0.2, 0) is 11.2 Å². The second-order valence-corrected chi connectivity index (χ2v) is 6.26. The summed E-state index contributed by atoms with van der Waals surface area (Å²) in [7, 11) is 0. The highest BCUT2D eigenvalue weighted by Crippen LogP contribution is 2.24. The molecule has 1 aromatic carbocycles. The van der Waals surface area contributed by atoms with Crippen molar-refractivity contribution in [3.05, 3.63) is 66.6 Å². The third-order valence-electron chi connectivity index (χ3n) is 4.55. The first-order chi connectivity index (χ1) is 12.3. The minimum atomic E-state index is 0.191. The zero-order chi connectivity index (χ0) is 17.1. The largest absolute Gasteiger partial charge is 0.338 e. The molecule has 0 N–H and O–H groups in total. The van der Waals surface area contributed by atoms with E-state index < -0.39 is 0 Å². The molecule has 126 valence electrons. The first kappa shape index (κ1) is 15.5. The van der Waals surface area contributed by atoms with Crippen molar-refractivity contribution >= 4 is 5.91 Å². The number of benzene rings is 1. The molecule has 1 amide bonds. The first-order valence-electron chi connectivity index (χ1n) is 8.43. The van der Waals surface area contributed by atoms with E-state index in [1.807, 2.05) is 58.2 Å². The Kier molecular flexibility index (Phi) is 4.24. The van der Waals surface area contributed by atoms with E-state index in [9.17, 15) is 4.79 Å². The van der Waals surface area contributed by atoms with Crippen LogP contribution in [0.2, 0.25) is 0 Å². The molecule has 25 heavy (non-hydrogen) atoms. The highest BCUT2D eigenvalue weighted by Gasteiger charge is 2.32. The molecule has 6 nitrogen and oxygen atoms in total. The molecular weight excluding hydrogens is 314 g/mol. The number of amides is 1. The van der Waals surface area contributed by atoms with E-state index >= 15 is 0 Å². The summed E-state index contributed by atoms with van der Waals surface area (Å²) in [6, 6.07) is 14.1. The van der Waals surface area contributed by atoms with Crippen LogP contribution in [0.3, 0.4) is 0 Å². The van der Waals surface area contributed by atoms with Crippen molar-refractivity contribution in [3.63, 3.8) is 0 Å². The summed E-state index contributed by atoms with van der Waals surface area (Å²) in [5, 5.41) is 8.46. The molecule has 0 saturated carbocycles. The van der Waals surface area contributed by atoms with Crippen LogP contribution >= 0.6 is 0 Å². The summed E-state index contributed by atoms with van der Waals surface area (Å²) < 4.78 is 1.87. The minimum Gasteiger partial charge on any atom is -0.338 e. The van der Waals surface area contributed by atoms with E-state index in [0.29, 0.717) is 19.5 Å². The molecule has 0 aliphatic carbocycles. The summed E-state index contributed by atoms with van der Waals surface area (Å²) in [6.45, 7) is 1.40. The Hall–Kier alpha value is -3.02. The van der Waals surface area contributed by atoms with Crippen LogP contribution in [0.4, 0.5) is 0 Å². The van der Waals surface area contributed by atoms with Crippen LogP contribution in [0.15, 0.2) is 61.1 Å². The van der Waals surface area contributed by atoms with Crippen molar-refractivity contribution in [1.29, 1.82) is 0 Å². The fourth-order valence-electron chi connectivity index (χ4n) is 2.98. The number of rotatable bonds is 5. The average Bonchev–Trinajstić information content (AvgIpc) is 3.10. The van der Waals surface area contributed by atoms with Gasteiger partial charge in [-0.15, -0.1) is 5.10 Å². The lowest BCUT2D eigenvalue weighted by molar-refractivity contribution is -0.137. The SMILES string of the molecule is O=C(CCc1ccncc1)N1CC(n2cc(-c3ccccc3)nn2)C1. The Morgan fingerprint density at radius 2 is 1.84 bits per heavy atom. The van der Waals surface area contributed by atoms with Gasteiger partial charge in [0.05, 0.1) is 12.2 Å². The maximum absolute atomic E-state index is 12.3. The van der Waals surface area contributed by atoms with Gasteiger partial charge in [0.25, 0.3) is 0 Å². The van der Waals surface area contributed by atoms with Crippen LogP contribution in [0, 0.1) is 0 Å². The molecule has 1 saturated heterocycles. The number of pyridine rings is 1. The van der Waals surface area contributed by atoms with Gasteiger partial charge in [0.1, 0.15) is 5.69 Å². The topological polar surface area (TPSA) is 63.9 Å². The predicted molar refractivity (Wildman–Crippen MR) is 93.6 cm³/mol. The van der Waals surface area contributed by atoms with Crippen LogP contribution in [0.1, 0.15) is 18.0 Å². The van der Waals surface area contributed by atoms with Crippen molar-refractivity contribution in [2.75, 3.05) is 13.1 Å². The molecule has 4 rings (SSSR count). The zero-order valence-electron chi connectivity index (χ0n) is 13.8. The number of likely N-dealkylation sites (tertiary alicyclic amines) is 1. The second-order valence-electron chi connectivity index (χ2n) is 6.26. The van der Waals surface area contributed by atoms with Gasteiger partial charge in [0, 0.05) is 37.5 Å². The summed E-state index contributed by atoms with van der Waals surface area (Å²) in [4.78, 5) is 18.1. The second kappa shape index (κ2) is 6.84. The van der Waals surface area contributed by atoms with Crippen molar-refractivity contribution < 1.29 is 4.79 Å². The monoisotopic (exact) mass is 333 g/mol. The van der Waals surface area contributed by atoms with Crippen molar-refractivity contribution in [2.45, 2.75) is 18.9 Å². The van der Waals surface area contributed by atoms with Gasteiger partial charge in [-0.2, -0.15) is 0 Å². The third-order valence-corrected chi connectivity index (χ3v) is 4.55. The highest BCUT2D eigenvalue weighted by molar-refractivity contribution is 5.77. The van der Waals surface area contributed by atoms with Crippen LogP contribution < -0.4 is 0 Å². The van der Waals surface area contributed by atoms with Gasteiger partial charge in [-0.1, -0.05) is 35.5 Å². The molecule has 0 unspecified atom stereocenters. The Balaban J connectivity index is 1.30. The lowest BCUT2D eigenvalue weighted by Gasteiger charge is -2.39. The molecule has 6 heteroatoms. The number of hydrogen-bond acceptors (Lipinski definition) is 4. The Labute approximate surface area is 146 Å². The molecule has 0 spiro atoms. The Morgan fingerprint density at radius 3 is 2.60 bits per heavy atom. The maximum Gasteiger partial charge on any atom is 0.223 e. The molecule has 0 bridgehead atoms. The minimum absolute atomic E-state index is 0.191. The summed E-state index contributed by atoms with van der Waals surface area (Å²) >= 11 is 0. The summed E-state index contributed by atoms with van der Waals surface area (Å²) in [5.41, 5.74) is 3.06. The van der Waals surface area contributed by atoms with Crippen LogP contribution in [0.5, 0.6) is 0 Å². The van der Waals surface area contributed by atoms with E-state index in [1.54, 1.807) is 12.4 Å². The standard InChI is InChI=1S/C19H19N5O/c25-19(7-6-15-8-10-20-11-9-15)23-12-17(13-23)24-14-18(21-22-24)16-4-2-1-3-5-16/h1-5,8-11,14,17H,6-7,12-13H2. The molecule has 0 radical (unpaired) electrons. The third kappa shape index (κ3) is 3.42. The number of aromatic nitrogens is 4. The highest BCUT2D eigenvalue weighted by atomic mass is 16.2. The van der Waals surface area contributed by atoms with Crippen molar-refractivity contribution in [2.24, 2.45) is 0 Å². The summed E-state index contributed by atoms with van der Waals surface area (Å²) in [6.07, 6.45) is 6.76. The normalized spacial score (nSPS) is 14.3. The molecule has 2 aromatic heterocycles. The van der Waals surface area contributed by atoms with Crippen LogP contribution in [-0.4, -0.2) is 43.9 Å². The van der Waals surface area contributed by atoms with E-state index in [-0.39, 0.29) is 11.9 Å². The number of carbonyl (C=O) groups excluding carboxylic acids is 1. The summed E-state index contributed by atoms with van der Waals surface area (Å²) in [5.74, 6) is 0.191. The van der Waals surface area contributed by atoms with Gasteiger partial charge in [-0.05, 0) is 24.1 Å². The molecule has 1 aliphatic rings. The molecular formula is C19H19N5O. The van der Waals surface area contributed by atoms with Crippen LogP contribution in [0.25, 0.3) is 11.3 Å². The smallest absolute Gasteiger partial charge is 0.223 e. The van der Waals surface area contributed by atoms with Crippen molar-refractivity contribution in [3.8, 4) is 11.3 Å². The number of aryl methyl sites for hydroxylation is 1. The van der Waals surface area contributed by atoms with E-state index in [2.05, 4.69) is 15.3 Å². The quantitative estimate of drug-likeness (QED) is 0.719. The first-order valence-corrected chi connectivity index (χ1v) is 8.43. The number of hydrogen-bond donors (Lipinski definition) is 0. The van der Waals surface area contributed by atoms with Gasteiger partial charge in [-0.3, -0.25) is 9.78 Å². The van der Waals surface area contributed by atoms with E-state index in [0.717, 1.165) is 23.2 Å². The fourth-order valence-corrected chi connectivity index (χ4v) is 2.98. The molecule has 3 aromatic rings. The molecule has 1 fully saturated rings. The Bertz CT molecular complexity index is 841. The van der Waals surface area contributed by atoms with Gasteiger partial charge in [-0.25, -0.2) is 4.68 Å². The average molecular weight is 333 g/mol. The van der Waals surface area contributed by atoms with E-state index in [4.69, 9.17) is 0 Å². The lowest BCUT2D eigenvalue weighted by Crippen LogP contribution is -2.50. The number of carbonyl (C=O) groups is 1. The molecule has 0 atom stereocenters. The van der Waals surface area contributed by atoms with Gasteiger partial charge in [0.15, 0.2) is 0 Å². The zero-order valence-corrected chi connectivity index (χ0v) is 13.8. The number of nitrogens with zero attached hydrogens (tertiary/aromatic N) is 5. The molecule has 3 heterocycles. The van der Waals surface area contributed by atoms with Crippen molar-refractivity contribution in [1.82, 2.24) is 24.9 Å². The fraction of sp³-hybridized carbons (Fsp3) is 0.263. The predicted octanol–water partition coefficient (Wildman–Crippen LogP) is 2.36. The van der Waals surface area contributed by atoms with Gasteiger partial charge < -0.3 is 4.90 Å². The molecule has 1 aliphatic heterocycles.